The van der Waals surface area contributed by atoms with Crippen LogP contribution in [-0.2, 0) is 22.7 Å². The van der Waals surface area contributed by atoms with E-state index in [9.17, 15) is 4.79 Å². The summed E-state index contributed by atoms with van der Waals surface area (Å²) < 4.78 is 10.8. The van der Waals surface area contributed by atoms with Gasteiger partial charge in [-0.15, -0.1) is 0 Å². The number of halogens is 1. The Bertz CT molecular complexity index is 512. The highest BCUT2D eigenvalue weighted by Crippen LogP contribution is 2.25. The molecule has 0 spiro atoms. The molecular weight excluding hydrogens is 322 g/mol. The summed E-state index contributed by atoms with van der Waals surface area (Å²) in [7, 11) is 0. The molecule has 5 heteroatoms. The van der Waals surface area contributed by atoms with Gasteiger partial charge in [-0.2, -0.15) is 0 Å². The Labute approximate surface area is 127 Å². The summed E-state index contributed by atoms with van der Waals surface area (Å²) in [6.07, 6.45) is 1.69. The quantitative estimate of drug-likeness (QED) is 0.860. The van der Waals surface area contributed by atoms with Crippen LogP contribution in [0.4, 0.5) is 0 Å². The fourth-order valence-electron chi connectivity index (χ4n) is 2.68. The maximum Gasteiger partial charge on any atom is 0.251 e. The number of benzene rings is 1. The minimum Gasteiger partial charge on any atom is -0.381 e. The highest BCUT2D eigenvalue weighted by molar-refractivity contribution is 9.09. The topological polar surface area (TPSA) is 47.6 Å². The second kappa shape index (κ2) is 5.84. The van der Waals surface area contributed by atoms with E-state index >= 15 is 0 Å². The van der Waals surface area contributed by atoms with Gasteiger partial charge in [-0.3, -0.25) is 4.79 Å². The fraction of sp³-hybridized carbons (Fsp3) is 0.533. The van der Waals surface area contributed by atoms with Crippen molar-refractivity contribution < 1.29 is 14.3 Å². The number of amides is 1. The Balaban J connectivity index is 1.75. The third-order valence-electron chi connectivity index (χ3n) is 4.07. The summed E-state index contributed by atoms with van der Waals surface area (Å²) in [5, 5.41) is 3.94. The van der Waals surface area contributed by atoms with E-state index in [1.54, 1.807) is 0 Å². The highest BCUT2D eigenvalue weighted by atomic mass is 79.9. The van der Waals surface area contributed by atoms with E-state index in [4.69, 9.17) is 9.47 Å². The summed E-state index contributed by atoms with van der Waals surface area (Å²) in [6.45, 7) is 2.65. The predicted octanol–water partition coefficient (Wildman–Crippen LogP) is 2.39. The number of ether oxygens (including phenoxy) is 2. The van der Waals surface area contributed by atoms with Gasteiger partial charge in [0.1, 0.15) is 0 Å². The van der Waals surface area contributed by atoms with Gasteiger partial charge in [0.05, 0.1) is 18.8 Å². The Morgan fingerprint density at radius 2 is 1.95 bits per heavy atom. The number of nitrogens with one attached hydrogen (secondary N) is 1. The van der Waals surface area contributed by atoms with Crippen molar-refractivity contribution in [2.45, 2.75) is 31.6 Å². The second-order valence-corrected chi connectivity index (χ2v) is 6.02. The molecule has 0 aliphatic carbocycles. The average molecular weight is 340 g/mol. The van der Waals surface area contributed by atoms with Gasteiger partial charge in [-0.1, -0.05) is 22.0 Å². The molecule has 0 radical (unpaired) electrons. The van der Waals surface area contributed by atoms with Crippen LogP contribution in [0.1, 0.15) is 34.3 Å². The van der Waals surface area contributed by atoms with E-state index in [2.05, 4.69) is 21.2 Å². The first-order valence-corrected chi connectivity index (χ1v) is 8.00. The predicted molar refractivity (Wildman–Crippen MR) is 79.0 cm³/mol. The summed E-state index contributed by atoms with van der Waals surface area (Å²) >= 11 is 3.53. The molecule has 1 saturated heterocycles. The van der Waals surface area contributed by atoms with Crippen molar-refractivity contribution >= 4 is 21.8 Å². The van der Waals surface area contributed by atoms with E-state index < -0.39 is 0 Å². The highest BCUT2D eigenvalue weighted by Gasteiger charge is 2.33. The molecule has 20 heavy (non-hydrogen) atoms. The SMILES string of the molecule is O=C(NC1(CBr)CCOCC1)c1ccc2c(c1)COC2. The van der Waals surface area contributed by atoms with E-state index in [-0.39, 0.29) is 11.4 Å². The average Bonchev–Trinajstić information content (AvgIpc) is 2.95. The van der Waals surface area contributed by atoms with Crippen molar-refractivity contribution in [3.05, 3.63) is 34.9 Å². The number of rotatable bonds is 3. The van der Waals surface area contributed by atoms with Crippen LogP contribution in [-0.4, -0.2) is 30.0 Å². The molecule has 4 nitrogen and oxygen atoms in total. The number of hydrogen-bond donors (Lipinski definition) is 1. The molecule has 1 fully saturated rings. The molecule has 2 heterocycles. The smallest absolute Gasteiger partial charge is 0.251 e. The van der Waals surface area contributed by atoms with Crippen LogP contribution in [0.5, 0.6) is 0 Å². The van der Waals surface area contributed by atoms with Gasteiger partial charge >= 0.3 is 0 Å². The molecule has 0 atom stereocenters. The van der Waals surface area contributed by atoms with Crippen molar-refractivity contribution in [2.75, 3.05) is 18.5 Å². The minimum absolute atomic E-state index is 0.0129. The summed E-state index contributed by atoms with van der Waals surface area (Å²) in [5.74, 6) is -0.0129. The molecule has 1 aromatic carbocycles. The molecule has 3 rings (SSSR count). The van der Waals surface area contributed by atoms with Gasteiger partial charge in [0.25, 0.3) is 5.91 Å². The normalized spacial score (nSPS) is 20.4. The van der Waals surface area contributed by atoms with Crippen LogP contribution in [0.15, 0.2) is 18.2 Å². The molecule has 0 aromatic heterocycles. The first-order chi connectivity index (χ1) is 9.72. The van der Waals surface area contributed by atoms with Crippen LogP contribution < -0.4 is 5.32 Å². The van der Waals surface area contributed by atoms with Gasteiger partial charge in [0, 0.05) is 24.1 Å². The maximum absolute atomic E-state index is 12.5. The molecule has 108 valence electrons. The van der Waals surface area contributed by atoms with E-state index in [0.717, 1.165) is 23.7 Å². The molecule has 1 amide bonds. The summed E-state index contributed by atoms with van der Waals surface area (Å²) in [6, 6.07) is 5.81. The zero-order valence-electron chi connectivity index (χ0n) is 11.3. The van der Waals surface area contributed by atoms with Crippen molar-refractivity contribution in [2.24, 2.45) is 0 Å². The summed E-state index contributed by atoms with van der Waals surface area (Å²) in [5.41, 5.74) is 2.83. The molecule has 2 aliphatic rings. The van der Waals surface area contributed by atoms with E-state index in [1.807, 2.05) is 18.2 Å². The van der Waals surface area contributed by atoms with Crippen LogP contribution in [0.2, 0.25) is 0 Å². The lowest BCUT2D eigenvalue weighted by Crippen LogP contribution is -2.53. The molecule has 1 N–H and O–H groups in total. The van der Waals surface area contributed by atoms with Crippen molar-refractivity contribution in [3.63, 3.8) is 0 Å². The minimum atomic E-state index is -0.190. The number of fused-ring (bicyclic) bond motifs is 1. The number of carbonyl (C=O) groups is 1. The van der Waals surface area contributed by atoms with Gasteiger partial charge in [-0.05, 0) is 36.1 Å². The number of carbonyl (C=O) groups excluding carboxylic acids is 1. The molecule has 0 unspecified atom stereocenters. The van der Waals surface area contributed by atoms with Gasteiger partial charge < -0.3 is 14.8 Å². The lowest BCUT2D eigenvalue weighted by atomic mass is 9.92. The fourth-order valence-corrected chi connectivity index (χ4v) is 3.38. The Morgan fingerprint density at radius 3 is 2.70 bits per heavy atom. The van der Waals surface area contributed by atoms with Crippen LogP contribution in [0, 0.1) is 0 Å². The molecule has 1 aromatic rings. The molecule has 2 aliphatic heterocycles. The standard InChI is InChI=1S/C15H18BrNO3/c16-10-15(3-5-19-6-4-15)17-14(18)11-1-2-12-8-20-9-13(12)7-11/h1-2,7H,3-6,8-10H2,(H,17,18). The van der Waals surface area contributed by atoms with Crippen molar-refractivity contribution in [1.82, 2.24) is 5.32 Å². The second-order valence-electron chi connectivity index (χ2n) is 5.46. The van der Waals surface area contributed by atoms with Crippen LogP contribution in [0.3, 0.4) is 0 Å². The van der Waals surface area contributed by atoms with E-state index in [0.29, 0.717) is 32.0 Å². The monoisotopic (exact) mass is 339 g/mol. The van der Waals surface area contributed by atoms with Gasteiger partial charge in [0.2, 0.25) is 0 Å². The van der Waals surface area contributed by atoms with Gasteiger partial charge in [0.15, 0.2) is 0 Å². The third-order valence-corrected chi connectivity index (χ3v) is 5.14. The largest absolute Gasteiger partial charge is 0.381 e. The third kappa shape index (κ3) is 2.75. The molecule has 0 saturated carbocycles. The number of alkyl halides is 1. The molecule has 0 bridgehead atoms. The maximum atomic E-state index is 12.5. The Kier molecular flexibility index (Phi) is 4.10. The zero-order valence-corrected chi connectivity index (χ0v) is 12.9. The first-order valence-electron chi connectivity index (χ1n) is 6.88. The first kappa shape index (κ1) is 14.0. The lowest BCUT2D eigenvalue weighted by Gasteiger charge is -2.36. The van der Waals surface area contributed by atoms with Crippen LogP contribution in [0.25, 0.3) is 0 Å². The Hall–Kier alpha value is -0.910. The summed E-state index contributed by atoms with van der Waals surface area (Å²) in [4.78, 5) is 12.5. The van der Waals surface area contributed by atoms with E-state index in [1.165, 1.54) is 5.56 Å². The van der Waals surface area contributed by atoms with Crippen LogP contribution >= 0.6 is 15.9 Å². The zero-order chi connectivity index (χ0) is 14.0. The number of hydrogen-bond acceptors (Lipinski definition) is 3. The lowest BCUT2D eigenvalue weighted by molar-refractivity contribution is 0.0442. The molecular formula is C15H18BrNO3. The van der Waals surface area contributed by atoms with Gasteiger partial charge in [-0.25, -0.2) is 0 Å². The Morgan fingerprint density at radius 1 is 1.20 bits per heavy atom. The van der Waals surface area contributed by atoms with Crippen molar-refractivity contribution in [3.8, 4) is 0 Å². The van der Waals surface area contributed by atoms with Crippen molar-refractivity contribution in [1.29, 1.82) is 0 Å².